The summed E-state index contributed by atoms with van der Waals surface area (Å²) in [7, 11) is -3.98. The molecule has 29 heavy (non-hydrogen) atoms. The topological polar surface area (TPSA) is 113 Å². The van der Waals surface area contributed by atoms with Gasteiger partial charge >= 0.3 is 5.97 Å². The fourth-order valence-electron chi connectivity index (χ4n) is 2.95. The van der Waals surface area contributed by atoms with Crippen LogP contribution in [-0.4, -0.2) is 38.0 Å². The summed E-state index contributed by atoms with van der Waals surface area (Å²) in [6.45, 7) is 0.326. The summed E-state index contributed by atoms with van der Waals surface area (Å²) in [4.78, 5) is 23.1. The van der Waals surface area contributed by atoms with Crippen molar-refractivity contribution < 1.29 is 23.1 Å². The molecule has 0 radical (unpaired) electrons. The van der Waals surface area contributed by atoms with E-state index in [9.17, 15) is 23.1 Å². The van der Waals surface area contributed by atoms with E-state index in [4.69, 9.17) is 0 Å². The number of rotatable bonds is 10. The van der Waals surface area contributed by atoms with Crippen molar-refractivity contribution in [1.82, 2.24) is 10.0 Å². The van der Waals surface area contributed by atoms with Crippen molar-refractivity contribution in [2.24, 2.45) is 5.92 Å². The molecule has 0 aliphatic heterocycles. The van der Waals surface area contributed by atoms with Crippen molar-refractivity contribution >= 4 is 21.9 Å². The van der Waals surface area contributed by atoms with Gasteiger partial charge in [0.15, 0.2) is 0 Å². The van der Waals surface area contributed by atoms with Gasteiger partial charge in [0, 0.05) is 12.5 Å². The molecule has 154 valence electrons. The van der Waals surface area contributed by atoms with Gasteiger partial charge in [-0.05, 0) is 48.9 Å². The average Bonchev–Trinajstić information content (AvgIpc) is 3.56. The zero-order valence-corrected chi connectivity index (χ0v) is 16.7. The second kappa shape index (κ2) is 9.19. The molecule has 1 amide bonds. The van der Waals surface area contributed by atoms with Crippen LogP contribution in [0.4, 0.5) is 0 Å². The third-order valence-corrected chi connectivity index (χ3v) is 6.27. The van der Waals surface area contributed by atoms with E-state index in [2.05, 4.69) is 10.0 Å². The minimum absolute atomic E-state index is 0.00506. The molecule has 3 N–H and O–H groups in total. The lowest BCUT2D eigenvalue weighted by Crippen LogP contribution is -2.41. The lowest BCUT2D eigenvalue weighted by Gasteiger charge is -2.15. The molecule has 0 aromatic heterocycles. The Balaban J connectivity index is 1.59. The number of aliphatic carboxylic acids is 1. The average molecular weight is 416 g/mol. The van der Waals surface area contributed by atoms with Crippen LogP contribution < -0.4 is 10.0 Å². The Bertz CT molecular complexity index is 954. The fraction of sp³-hybridized carbons (Fsp3) is 0.333. The van der Waals surface area contributed by atoms with Crippen molar-refractivity contribution in [3.8, 4) is 11.1 Å². The van der Waals surface area contributed by atoms with E-state index in [0.717, 1.165) is 24.0 Å². The highest BCUT2D eigenvalue weighted by molar-refractivity contribution is 7.89. The van der Waals surface area contributed by atoms with E-state index in [1.165, 1.54) is 12.1 Å². The number of amides is 1. The Morgan fingerprint density at radius 3 is 2.21 bits per heavy atom. The van der Waals surface area contributed by atoms with Crippen LogP contribution in [0, 0.1) is 5.92 Å². The van der Waals surface area contributed by atoms with Crippen molar-refractivity contribution in [3.05, 3.63) is 54.6 Å². The summed E-state index contributed by atoms with van der Waals surface area (Å²) < 4.78 is 27.4. The third-order valence-electron chi connectivity index (χ3n) is 4.78. The molecule has 8 heteroatoms. The quantitative estimate of drug-likeness (QED) is 0.515. The van der Waals surface area contributed by atoms with E-state index in [1.807, 2.05) is 30.3 Å². The standard InChI is InChI=1S/C21H24N2O5S/c24-20(17-8-9-17)22-14-4-7-19(21(25)26)23-29(27,28)18-12-10-16(11-13-18)15-5-2-1-3-6-15/h1-3,5-6,10-13,17,19,23H,4,7-9,14H2,(H,22,24)(H,25,26). The molecule has 1 aliphatic carbocycles. The monoisotopic (exact) mass is 416 g/mol. The molecule has 1 saturated carbocycles. The molecule has 3 rings (SSSR count). The minimum Gasteiger partial charge on any atom is -0.480 e. The smallest absolute Gasteiger partial charge is 0.321 e. The molecule has 7 nitrogen and oxygen atoms in total. The highest BCUT2D eigenvalue weighted by Crippen LogP contribution is 2.28. The zero-order chi connectivity index (χ0) is 20.9. The summed E-state index contributed by atoms with van der Waals surface area (Å²) in [6.07, 6.45) is 2.24. The number of nitrogens with one attached hydrogen (secondary N) is 2. The second-order valence-electron chi connectivity index (χ2n) is 7.11. The number of carbonyl (C=O) groups is 2. The molecule has 0 saturated heterocycles. The molecule has 2 aromatic carbocycles. The largest absolute Gasteiger partial charge is 0.480 e. The SMILES string of the molecule is O=C(NCCCC(NS(=O)(=O)c1ccc(-c2ccccc2)cc1)C(=O)O)C1CC1. The van der Waals surface area contributed by atoms with Crippen LogP contribution in [0.25, 0.3) is 11.1 Å². The van der Waals surface area contributed by atoms with Crippen molar-refractivity contribution in [3.63, 3.8) is 0 Å². The maximum atomic E-state index is 12.6. The van der Waals surface area contributed by atoms with Gasteiger partial charge in [-0.25, -0.2) is 8.42 Å². The number of carbonyl (C=O) groups excluding carboxylic acids is 1. The second-order valence-corrected chi connectivity index (χ2v) is 8.82. The van der Waals surface area contributed by atoms with Gasteiger partial charge in [0.2, 0.25) is 15.9 Å². The molecule has 1 aliphatic rings. The molecule has 1 fully saturated rings. The van der Waals surface area contributed by atoms with Gasteiger partial charge < -0.3 is 10.4 Å². The third kappa shape index (κ3) is 5.88. The number of benzene rings is 2. The first-order valence-electron chi connectivity index (χ1n) is 9.55. The highest BCUT2D eigenvalue weighted by Gasteiger charge is 2.29. The Morgan fingerprint density at radius 1 is 1.00 bits per heavy atom. The number of carboxylic acid groups (broad SMARTS) is 1. The van der Waals surface area contributed by atoms with Gasteiger partial charge in [0.05, 0.1) is 4.90 Å². The van der Waals surface area contributed by atoms with Crippen LogP contribution in [-0.2, 0) is 19.6 Å². The van der Waals surface area contributed by atoms with Crippen LogP contribution in [0.5, 0.6) is 0 Å². The Labute approximate surface area is 170 Å². The molecular formula is C21H24N2O5S. The molecule has 2 aromatic rings. The molecular weight excluding hydrogens is 392 g/mol. The summed E-state index contributed by atoms with van der Waals surface area (Å²) in [5, 5.41) is 12.1. The van der Waals surface area contributed by atoms with E-state index >= 15 is 0 Å². The van der Waals surface area contributed by atoms with Gasteiger partial charge in [-0.3, -0.25) is 9.59 Å². The van der Waals surface area contributed by atoms with E-state index in [1.54, 1.807) is 12.1 Å². The number of sulfonamides is 1. The molecule has 1 unspecified atom stereocenters. The van der Waals surface area contributed by atoms with Crippen LogP contribution in [0.3, 0.4) is 0 Å². The number of carboxylic acids is 1. The van der Waals surface area contributed by atoms with Crippen LogP contribution >= 0.6 is 0 Å². The molecule has 0 bridgehead atoms. The van der Waals surface area contributed by atoms with E-state index < -0.39 is 22.0 Å². The summed E-state index contributed by atoms with van der Waals surface area (Å²) >= 11 is 0. The first-order valence-corrected chi connectivity index (χ1v) is 11.0. The first kappa shape index (κ1) is 21.0. The Hall–Kier alpha value is -2.71. The lowest BCUT2D eigenvalue weighted by molar-refractivity contribution is -0.139. The predicted molar refractivity (Wildman–Crippen MR) is 109 cm³/mol. The van der Waals surface area contributed by atoms with Crippen LogP contribution in [0.1, 0.15) is 25.7 Å². The Kier molecular flexibility index (Phi) is 6.66. The predicted octanol–water partition coefficient (Wildman–Crippen LogP) is 2.39. The van der Waals surface area contributed by atoms with Gasteiger partial charge in [0.25, 0.3) is 0 Å². The maximum Gasteiger partial charge on any atom is 0.321 e. The number of hydrogen-bond donors (Lipinski definition) is 3. The normalized spacial score (nSPS) is 14.9. The summed E-state index contributed by atoms with van der Waals surface area (Å²) in [6, 6.07) is 14.6. The molecule has 0 spiro atoms. The van der Waals surface area contributed by atoms with Gasteiger partial charge in [-0.1, -0.05) is 42.5 Å². The number of hydrogen-bond acceptors (Lipinski definition) is 4. The van der Waals surface area contributed by atoms with Gasteiger partial charge in [0.1, 0.15) is 6.04 Å². The molecule has 0 heterocycles. The van der Waals surface area contributed by atoms with Crippen LogP contribution in [0.2, 0.25) is 0 Å². The maximum absolute atomic E-state index is 12.6. The summed E-state index contributed by atoms with van der Waals surface area (Å²) in [5.41, 5.74) is 1.83. The van der Waals surface area contributed by atoms with Crippen LogP contribution in [0.15, 0.2) is 59.5 Å². The van der Waals surface area contributed by atoms with Crippen molar-refractivity contribution in [2.45, 2.75) is 36.6 Å². The summed E-state index contributed by atoms with van der Waals surface area (Å²) in [5.74, 6) is -1.18. The first-order chi connectivity index (χ1) is 13.9. The highest BCUT2D eigenvalue weighted by atomic mass is 32.2. The fourth-order valence-corrected chi connectivity index (χ4v) is 4.18. The van der Waals surface area contributed by atoms with E-state index in [0.29, 0.717) is 13.0 Å². The van der Waals surface area contributed by atoms with Gasteiger partial charge in [-0.2, -0.15) is 4.72 Å². The lowest BCUT2D eigenvalue weighted by atomic mass is 10.1. The molecule has 1 atom stereocenters. The zero-order valence-electron chi connectivity index (χ0n) is 15.9. The van der Waals surface area contributed by atoms with Gasteiger partial charge in [-0.15, -0.1) is 0 Å². The van der Waals surface area contributed by atoms with Crippen molar-refractivity contribution in [2.75, 3.05) is 6.54 Å². The minimum atomic E-state index is -3.98. The van der Waals surface area contributed by atoms with Crippen molar-refractivity contribution in [1.29, 1.82) is 0 Å². The van der Waals surface area contributed by atoms with E-state index in [-0.39, 0.29) is 23.1 Å². The Morgan fingerprint density at radius 2 is 1.62 bits per heavy atom.